The molecule has 0 aromatic carbocycles. The zero-order chi connectivity index (χ0) is 14.1. The van der Waals surface area contributed by atoms with Gasteiger partial charge in [0, 0.05) is 6.54 Å². The number of halogens is 1. The molecule has 10 heteroatoms. The van der Waals surface area contributed by atoms with E-state index < -0.39 is 0 Å². The lowest BCUT2D eigenvalue weighted by Crippen LogP contribution is -2.24. The Balaban J connectivity index is 0.000000448. The lowest BCUT2D eigenvalue weighted by molar-refractivity contribution is 0.168. The van der Waals surface area contributed by atoms with E-state index in [1.165, 1.54) is 9.34 Å². The highest BCUT2D eigenvalue weighted by molar-refractivity contribution is 7.34. The van der Waals surface area contributed by atoms with Crippen LogP contribution in [-0.4, -0.2) is 60.4 Å². The SMILES string of the molecule is CCCN=C=N.Cl.O=C1OCCN1PN1CCOC1=O. The Morgan fingerprint density at radius 3 is 2.00 bits per heavy atom. The molecule has 8 nitrogen and oxygen atoms in total. The minimum Gasteiger partial charge on any atom is -0.447 e. The highest BCUT2D eigenvalue weighted by Crippen LogP contribution is 2.29. The molecule has 0 aromatic rings. The minimum atomic E-state index is -0.349. The molecular formula is C10H18ClN4O4P. The summed E-state index contributed by atoms with van der Waals surface area (Å²) < 4.78 is 12.5. The molecule has 114 valence electrons. The maximum absolute atomic E-state index is 11.0. The molecule has 2 amide bonds. The lowest BCUT2D eigenvalue weighted by atomic mass is 10.5. The molecule has 2 aliphatic rings. The Hall–Kier alpha value is -1.36. The summed E-state index contributed by atoms with van der Waals surface area (Å²) in [4.78, 5) is 25.5. The summed E-state index contributed by atoms with van der Waals surface area (Å²) in [5.41, 5.74) is 0. The van der Waals surface area contributed by atoms with Crippen molar-refractivity contribution >= 4 is 39.5 Å². The number of cyclic esters (lactones) is 2. The molecule has 0 unspecified atom stereocenters. The van der Waals surface area contributed by atoms with Gasteiger partial charge in [-0.1, -0.05) is 6.92 Å². The maximum atomic E-state index is 11.0. The van der Waals surface area contributed by atoms with Crippen LogP contribution in [0.3, 0.4) is 0 Å². The van der Waals surface area contributed by atoms with Crippen molar-refractivity contribution in [3.05, 3.63) is 0 Å². The number of nitrogens with zero attached hydrogens (tertiary/aromatic N) is 3. The third-order valence-corrected chi connectivity index (χ3v) is 3.47. The highest BCUT2D eigenvalue weighted by Gasteiger charge is 2.29. The first-order valence-electron chi connectivity index (χ1n) is 5.92. The van der Waals surface area contributed by atoms with Gasteiger partial charge in [-0.2, -0.15) is 0 Å². The second-order valence-corrected chi connectivity index (χ2v) is 4.91. The van der Waals surface area contributed by atoms with E-state index in [0.29, 0.717) is 26.3 Å². The number of rotatable bonds is 4. The van der Waals surface area contributed by atoms with E-state index in [1.54, 1.807) is 0 Å². The van der Waals surface area contributed by atoms with Crippen LogP contribution in [0.1, 0.15) is 13.3 Å². The Morgan fingerprint density at radius 2 is 1.75 bits per heavy atom. The summed E-state index contributed by atoms with van der Waals surface area (Å²) in [5, 5.41) is 6.29. The smallest absolute Gasteiger partial charge is 0.414 e. The first-order valence-corrected chi connectivity index (χ1v) is 6.81. The fourth-order valence-corrected chi connectivity index (χ4v) is 2.25. The Kier molecular flexibility index (Phi) is 9.72. The average molecular weight is 325 g/mol. The molecule has 2 heterocycles. The minimum absolute atomic E-state index is 0. The van der Waals surface area contributed by atoms with Gasteiger partial charge in [0.2, 0.25) is 0 Å². The van der Waals surface area contributed by atoms with Crippen LogP contribution in [0.2, 0.25) is 0 Å². The van der Waals surface area contributed by atoms with Crippen LogP contribution < -0.4 is 0 Å². The number of nitrogens with one attached hydrogen (secondary N) is 1. The molecule has 20 heavy (non-hydrogen) atoms. The quantitative estimate of drug-likeness (QED) is 0.631. The molecule has 2 rings (SSSR count). The summed E-state index contributed by atoms with van der Waals surface area (Å²) >= 11 is 0. The summed E-state index contributed by atoms with van der Waals surface area (Å²) in [5.74, 6) is 0. The van der Waals surface area contributed by atoms with Crippen molar-refractivity contribution in [3.63, 3.8) is 0 Å². The maximum Gasteiger partial charge on any atom is 0.414 e. The van der Waals surface area contributed by atoms with Gasteiger partial charge in [0.05, 0.1) is 28.0 Å². The molecule has 0 radical (unpaired) electrons. The van der Waals surface area contributed by atoms with E-state index in [4.69, 9.17) is 14.9 Å². The van der Waals surface area contributed by atoms with Crippen molar-refractivity contribution in [3.8, 4) is 0 Å². The second-order valence-electron chi connectivity index (χ2n) is 3.63. The van der Waals surface area contributed by atoms with Gasteiger partial charge in [-0.3, -0.25) is 9.34 Å². The molecule has 0 bridgehead atoms. The molecule has 0 saturated carbocycles. The number of hydrogen-bond acceptors (Lipinski definition) is 6. The topological polar surface area (TPSA) is 95.3 Å². The largest absolute Gasteiger partial charge is 0.447 e. The molecule has 0 atom stereocenters. The third-order valence-electron chi connectivity index (χ3n) is 2.18. The summed E-state index contributed by atoms with van der Waals surface area (Å²) in [6.45, 7) is 4.69. The van der Waals surface area contributed by atoms with Crippen LogP contribution in [0.15, 0.2) is 4.99 Å². The Labute approximate surface area is 125 Å². The number of hydrogen-bond donors (Lipinski definition) is 1. The molecule has 0 spiro atoms. The predicted octanol–water partition coefficient (Wildman–Crippen LogP) is 1.97. The number of carbonyl (C=O) groups excluding carboxylic acids is 2. The van der Waals surface area contributed by atoms with Crippen LogP contribution in [0.4, 0.5) is 9.59 Å². The van der Waals surface area contributed by atoms with Crippen LogP contribution in [0.5, 0.6) is 0 Å². The van der Waals surface area contributed by atoms with Gasteiger partial charge in [-0.05, 0) is 6.42 Å². The van der Waals surface area contributed by atoms with Gasteiger partial charge >= 0.3 is 12.2 Å². The van der Waals surface area contributed by atoms with Crippen LogP contribution in [0, 0.1) is 5.41 Å². The van der Waals surface area contributed by atoms with Crippen molar-refractivity contribution in [1.29, 1.82) is 5.41 Å². The van der Waals surface area contributed by atoms with E-state index in [1.807, 2.05) is 12.9 Å². The van der Waals surface area contributed by atoms with Crippen molar-refractivity contribution < 1.29 is 19.1 Å². The van der Waals surface area contributed by atoms with Gasteiger partial charge in [-0.15, -0.1) is 12.4 Å². The van der Waals surface area contributed by atoms with Gasteiger partial charge in [-0.25, -0.2) is 20.0 Å². The Bertz CT molecular complexity index is 354. The fraction of sp³-hybridized carbons (Fsp3) is 0.700. The number of aliphatic imine (C=N–C) groups is 1. The van der Waals surface area contributed by atoms with E-state index in [0.717, 1.165) is 13.0 Å². The van der Waals surface area contributed by atoms with Gasteiger partial charge < -0.3 is 9.47 Å². The van der Waals surface area contributed by atoms with Gasteiger partial charge in [0.25, 0.3) is 0 Å². The molecule has 0 aromatic heterocycles. The number of carbonyl (C=O) groups is 2. The van der Waals surface area contributed by atoms with Crippen molar-refractivity contribution in [2.75, 3.05) is 32.8 Å². The molecule has 2 fully saturated rings. The van der Waals surface area contributed by atoms with Crippen LogP contribution >= 0.6 is 21.3 Å². The van der Waals surface area contributed by atoms with Gasteiger partial charge in [0.1, 0.15) is 13.2 Å². The number of amides is 2. The second kappa shape index (κ2) is 10.4. The average Bonchev–Trinajstić information content (AvgIpc) is 2.99. The van der Waals surface area contributed by atoms with Gasteiger partial charge in [0.15, 0.2) is 0 Å². The van der Waals surface area contributed by atoms with E-state index in [9.17, 15) is 9.59 Å². The molecule has 1 N–H and O–H groups in total. The number of ether oxygens (including phenoxy) is 2. The first-order chi connectivity index (χ1) is 9.19. The van der Waals surface area contributed by atoms with E-state index in [-0.39, 0.29) is 33.5 Å². The molecule has 2 saturated heterocycles. The van der Waals surface area contributed by atoms with Crippen LogP contribution in [-0.2, 0) is 9.47 Å². The molecular weight excluding hydrogens is 307 g/mol. The molecule has 0 aliphatic carbocycles. The zero-order valence-corrected chi connectivity index (χ0v) is 12.9. The van der Waals surface area contributed by atoms with Crippen molar-refractivity contribution in [2.45, 2.75) is 13.3 Å². The van der Waals surface area contributed by atoms with E-state index >= 15 is 0 Å². The fourth-order valence-electron chi connectivity index (χ4n) is 1.28. The molecule has 2 aliphatic heterocycles. The zero-order valence-electron chi connectivity index (χ0n) is 11.1. The summed E-state index contributed by atoms with van der Waals surface area (Å²) in [7, 11) is 0.0177. The highest BCUT2D eigenvalue weighted by atomic mass is 35.5. The predicted molar refractivity (Wildman–Crippen MR) is 77.0 cm³/mol. The standard InChI is InChI=1S/C6H9N2O4P.C4H8N2.ClH/c9-5-7(1-3-11-5)13-8-2-4-12-6(8)10;1-2-3-6-4-5;/h13H,1-4H2;5H,2-3H2,1H3;1H. The lowest BCUT2D eigenvalue weighted by Gasteiger charge is -2.18. The van der Waals surface area contributed by atoms with Crippen molar-refractivity contribution in [1.82, 2.24) is 9.34 Å². The van der Waals surface area contributed by atoms with Crippen LogP contribution in [0.25, 0.3) is 0 Å². The summed E-state index contributed by atoms with van der Waals surface area (Å²) in [6.07, 6.45) is 0.308. The monoisotopic (exact) mass is 324 g/mol. The van der Waals surface area contributed by atoms with E-state index in [2.05, 4.69) is 4.99 Å². The summed E-state index contributed by atoms with van der Waals surface area (Å²) in [6, 6.07) is 1.94. The third kappa shape index (κ3) is 6.19. The van der Waals surface area contributed by atoms with Crippen molar-refractivity contribution in [2.24, 2.45) is 4.99 Å². The normalized spacial score (nSPS) is 16.4. The Morgan fingerprint density at radius 1 is 1.25 bits per heavy atom. The first kappa shape index (κ1) is 18.6.